The van der Waals surface area contributed by atoms with Crippen LogP contribution in [0, 0.1) is 0 Å². The van der Waals surface area contributed by atoms with Crippen molar-refractivity contribution in [3.05, 3.63) is 59.0 Å². The molecule has 0 aliphatic carbocycles. The highest BCUT2D eigenvalue weighted by Crippen LogP contribution is 2.39. The fourth-order valence-corrected chi connectivity index (χ4v) is 4.29. The Labute approximate surface area is 198 Å². The first-order valence-electron chi connectivity index (χ1n) is 11.2. The second kappa shape index (κ2) is 10.3. The second-order valence-corrected chi connectivity index (χ2v) is 8.35. The van der Waals surface area contributed by atoms with Crippen molar-refractivity contribution < 1.29 is 33.7 Å². The average Bonchev–Trinajstić information content (AvgIpc) is 3.33. The van der Waals surface area contributed by atoms with Crippen LogP contribution in [0.5, 0.6) is 17.2 Å². The normalized spacial score (nSPS) is 14.3. The van der Waals surface area contributed by atoms with Crippen LogP contribution < -0.4 is 19.5 Å². The van der Waals surface area contributed by atoms with Crippen LogP contribution in [0.25, 0.3) is 17.0 Å². The fraction of sp³-hybridized carbons (Fsp3) is 0.346. The maximum absolute atomic E-state index is 13.2. The van der Waals surface area contributed by atoms with Crippen molar-refractivity contribution in [3.8, 4) is 17.2 Å². The van der Waals surface area contributed by atoms with Gasteiger partial charge in [0.15, 0.2) is 5.76 Å². The van der Waals surface area contributed by atoms with Gasteiger partial charge in [0.25, 0.3) is 0 Å². The molecule has 8 nitrogen and oxygen atoms in total. The minimum absolute atomic E-state index is 0.143. The Balaban J connectivity index is 1.68. The first-order chi connectivity index (χ1) is 16.5. The lowest BCUT2D eigenvalue weighted by molar-refractivity contribution is -0.914. The Bertz CT molecular complexity index is 1220. The number of ketones is 1. The van der Waals surface area contributed by atoms with E-state index in [0.717, 1.165) is 27.1 Å². The molecule has 0 unspecified atom stereocenters. The topological polar surface area (TPSA) is 86.4 Å². The number of carbonyl (C=O) groups excluding carboxylic acids is 1. The summed E-state index contributed by atoms with van der Waals surface area (Å²) >= 11 is 0. The van der Waals surface area contributed by atoms with Gasteiger partial charge in [0.2, 0.25) is 5.78 Å². The van der Waals surface area contributed by atoms with E-state index in [4.69, 9.17) is 18.9 Å². The third-order valence-corrected chi connectivity index (χ3v) is 6.16. The number of nitrogens with zero attached hydrogens (tertiary/aromatic N) is 1. The highest BCUT2D eigenvalue weighted by atomic mass is 16.5. The zero-order valence-corrected chi connectivity index (χ0v) is 20.0. The summed E-state index contributed by atoms with van der Waals surface area (Å²) in [5, 5.41) is 13.7. The average molecular weight is 467 g/mol. The largest absolute Gasteiger partial charge is 0.872 e. The van der Waals surface area contributed by atoms with Crippen molar-refractivity contribution in [2.24, 2.45) is 7.05 Å². The van der Waals surface area contributed by atoms with Crippen LogP contribution in [-0.4, -0.2) is 58.0 Å². The molecule has 0 spiro atoms. The van der Waals surface area contributed by atoms with Gasteiger partial charge in [-0.25, -0.2) is 0 Å². The van der Waals surface area contributed by atoms with E-state index in [0.29, 0.717) is 49.7 Å². The quantitative estimate of drug-likeness (QED) is 0.457. The fourth-order valence-electron chi connectivity index (χ4n) is 4.29. The predicted octanol–water partition coefficient (Wildman–Crippen LogP) is 1.55. The van der Waals surface area contributed by atoms with E-state index >= 15 is 0 Å². The number of benzene rings is 2. The van der Waals surface area contributed by atoms with Crippen molar-refractivity contribution in [2.45, 2.75) is 6.54 Å². The summed E-state index contributed by atoms with van der Waals surface area (Å²) in [6.07, 6.45) is 3.68. The zero-order chi connectivity index (χ0) is 24.2. The third kappa shape index (κ3) is 4.65. The van der Waals surface area contributed by atoms with E-state index in [9.17, 15) is 9.90 Å². The number of aromatic nitrogens is 1. The van der Waals surface area contributed by atoms with E-state index in [1.807, 2.05) is 36.0 Å². The van der Waals surface area contributed by atoms with E-state index in [1.165, 1.54) is 6.07 Å². The van der Waals surface area contributed by atoms with E-state index in [2.05, 4.69) is 0 Å². The minimum atomic E-state index is -0.230. The van der Waals surface area contributed by atoms with Crippen molar-refractivity contribution in [1.82, 2.24) is 4.57 Å². The smallest absolute Gasteiger partial charge is 0.231 e. The Morgan fingerprint density at radius 3 is 2.50 bits per heavy atom. The number of methoxy groups -OCH3 is 3. The molecule has 2 heterocycles. The van der Waals surface area contributed by atoms with Crippen LogP contribution in [-0.2, 0) is 23.1 Å². The standard InChI is InChI=1S/C26H30N2O6/c1-27-15-17(20-14-18(33-4)5-7-22(20)27)13-24-25(30)19-6-8-23(29)21(26(19)34-24)16-28(9-11-31-2)10-12-32-3/h5-8,13-15,29H,9-12,16H2,1-4H3/b24-13-. The molecule has 0 saturated carbocycles. The minimum Gasteiger partial charge on any atom is -0.872 e. The summed E-state index contributed by atoms with van der Waals surface area (Å²) in [6.45, 7) is 2.94. The van der Waals surface area contributed by atoms with Gasteiger partial charge in [-0.3, -0.25) is 4.79 Å². The Morgan fingerprint density at radius 1 is 1.09 bits per heavy atom. The van der Waals surface area contributed by atoms with Gasteiger partial charge in [-0.15, -0.1) is 0 Å². The number of Topliss-reactive ketones (excluding diaryl/α,β-unsaturated/α-hetero) is 1. The van der Waals surface area contributed by atoms with Crippen molar-refractivity contribution >= 4 is 22.8 Å². The summed E-state index contributed by atoms with van der Waals surface area (Å²) in [5.74, 6) is 0.914. The van der Waals surface area contributed by atoms with Gasteiger partial charge in [0.05, 0.1) is 25.9 Å². The number of hydrogen-bond donors (Lipinski definition) is 1. The molecule has 0 saturated heterocycles. The number of allylic oxidation sites excluding steroid dienone is 1. The van der Waals surface area contributed by atoms with Gasteiger partial charge in [-0.05, 0) is 30.3 Å². The summed E-state index contributed by atoms with van der Waals surface area (Å²) in [4.78, 5) is 14.3. The lowest BCUT2D eigenvalue weighted by atomic mass is 10.0. The van der Waals surface area contributed by atoms with Gasteiger partial charge in [0, 0.05) is 49.5 Å². The van der Waals surface area contributed by atoms with E-state index in [1.54, 1.807) is 33.5 Å². The Kier molecular flexibility index (Phi) is 7.21. The highest BCUT2D eigenvalue weighted by Gasteiger charge is 2.31. The molecule has 1 aliphatic heterocycles. The molecule has 0 radical (unpaired) electrons. The molecule has 4 rings (SSSR count). The molecule has 1 aromatic heterocycles. The molecule has 3 aromatic rings. The molecule has 2 aromatic carbocycles. The number of rotatable bonds is 10. The molecule has 0 bridgehead atoms. The van der Waals surface area contributed by atoms with Crippen LogP contribution in [0.4, 0.5) is 0 Å². The molecule has 1 aliphatic rings. The van der Waals surface area contributed by atoms with E-state index in [-0.39, 0.29) is 17.3 Å². The van der Waals surface area contributed by atoms with E-state index < -0.39 is 0 Å². The number of aryl methyl sites for hydroxylation is 1. The summed E-state index contributed by atoms with van der Waals surface area (Å²) in [5.41, 5.74) is 2.75. The summed E-state index contributed by atoms with van der Waals surface area (Å²) in [6, 6.07) is 8.81. The summed E-state index contributed by atoms with van der Waals surface area (Å²) < 4.78 is 23.9. The predicted molar refractivity (Wildman–Crippen MR) is 126 cm³/mol. The first kappa shape index (κ1) is 23.8. The number of nitrogens with one attached hydrogen (secondary N) is 1. The van der Waals surface area contributed by atoms with Gasteiger partial charge < -0.3 is 33.5 Å². The van der Waals surface area contributed by atoms with Crippen LogP contribution >= 0.6 is 0 Å². The maximum Gasteiger partial charge on any atom is 0.231 e. The van der Waals surface area contributed by atoms with Crippen LogP contribution in [0.3, 0.4) is 0 Å². The molecule has 0 atom stereocenters. The number of hydrogen-bond acceptors (Lipinski definition) is 6. The van der Waals surface area contributed by atoms with Crippen LogP contribution in [0.15, 0.2) is 42.3 Å². The molecule has 1 N–H and O–H groups in total. The lowest BCUT2D eigenvalue weighted by Crippen LogP contribution is -3.11. The first-order valence-corrected chi connectivity index (χ1v) is 11.2. The Morgan fingerprint density at radius 2 is 1.82 bits per heavy atom. The van der Waals surface area contributed by atoms with Gasteiger partial charge >= 0.3 is 0 Å². The molecule has 34 heavy (non-hydrogen) atoms. The SMILES string of the molecule is COCC[NH+](CCOC)Cc1c([O-])ccc2c1O/C(=C\c1cn(C)c3ccc(OC)cc13)C2=O. The molecule has 0 amide bonds. The number of ether oxygens (including phenoxy) is 4. The highest BCUT2D eigenvalue weighted by molar-refractivity contribution is 6.15. The molecule has 0 fully saturated rings. The Hall–Kier alpha value is -3.33. The van der Waals surface area contributed by atoms with Crippen molar-refractivity contribution in [2.75, 3.05) is 47.6 Å². The number of carbonyl (C=O) groups is 1. The van der Waals surface area contributed by atoms with Gasteiger partial charge in [-0.2, -0.15) is 0 Å². The third-order valence-electron chi connectivity index (χ3n) is 6.16. The molecular formula is C26H30N2O6. The lowest BCUT2D eigenvalue weighted by Gasteiger charge is -2.23. The number of quaternary nitrogens is 1. The van der Waals surface area contributed by atoms with Crippen molar-refractivity contribution in [3.63, 3.8) is 0 Å². The number of fused-ring (bicyclic) bond motifs is 2. The monoisotopic (exact) mass is 466 g/mol. The van der Waals surface area contributed by atoms with Crippen LogP contribution in [0.1, 0.15) is 21.5 Å². The summed E-state index contributed by atoms with van der Waals surface area (Å²) in [7, 11) is 6.86. The second-order valence-electron chi connectivity index (χ2n) is 8.35. The molecular weight excluding hydrogens is 436 g/mol. The zero-order valence-electron chi connectivity index (χ0n) is 20.0. The maximum atomic E-state index is 13.2. The molecule has 180 valence electrons. The van der Waals surface area contributed by atoms with Crippen molar-refractivity contribution in [1.29, 1.82) is 0 Å². The molecule has 8 heteroatoms. The van der Waals surface area contributed by atoms with Gasteiger partial charge in [0.1, 0.15) is 31.1 Å². The van der Waals surface area contributed by atoms with Crippen LogP contribution in [0.2, 0.25) is 0 Å². The van der Waals surface area contributed by atoms with Gasteiger partial charge in [-0.1, -0.05) is 11.8 Å².